The van der Waals surface area contributed by atoms with Crippen LogP contribution in [0.3, 0.4) is 0 Å². The Morgan fingerprint density at radius 3 is 2.80 bits per heavy atom. The van der Waals surface area contributed by atoms with Crippen LogP contribution in [0.1, 0.15) is 5.56 Å². The van der Waals surface area contributed by atoms with Gasteiger partial charge in [-0.3, -0.25) is 0 Å². The molecule has 0 spiro atoms. The summed E-state index contributed by atoms with van der Waals surface area (Å²) in [6.07, 6.45) is 0. The molecule has 0 saturated heterocycles. The standard InChI is InChI=1S/C11H8BrO2S/c12-11-3-1-2-9-6-8(7-15(13)14)4-5-10(9)11/h1-2,4-6,15H,7H2. The average molecular weight is 284 g/mol. The minimum atomic E-state index is -2.36. The van der Waals surface area contributed by atoms with Gasteiger partial charge in [-0.25, -0.2) is 8.42 Å². The number of halogens is 1. The van der Waals surface area contributed by atoms with E-state index in [1.807, 2.05) is 30.3 Å². The minimum Gasteiger partial charge on any atom is -0.232 e. The van der Waals surface area contributed by atoms with Crippen LogP contribution in [0.15, 0.2) is 34.8 Å². The summed E-state index contributed by atoms with van der Waals surface area (Å²) in [6, 6.07) is 12.4. The van der Waals surface area contributed by atoms with Crippen molar-refractivity contribution in [2.45, 2.75) is 5.75 Å². The number of benzene rings is 2. The number of hydrogen-bond donors (Lipinski definition) is 1. The Labute approximate surface area is 98.0 Å². The maximum Gasteiger partial charge on any atom is 0.144 e. The van der Waals surface area contributed by atoms with Gasteiger partial charge in [-0.1, -0.05) is 30.3 Å². The van der Waals surface area contributed by atoms with E-state index < -0.39 is 10.7 Å². The van der Waals surface area contributed by atoms with Gasteiger partial charge in [0.05, 0.1) is 5.75 Å². The van der Waals surface area contributed by atoms with Crippen LogP contribution in [0.25, 0.3) is 10.8 Å². The van der Waals surface area contributed by atoms with E-state index in [1.165, 1.54) is 0 Å². The molecule has 2 aromatic rings. The van der Waals surface area contributed by atoms with Crippen LogP contribution >= 0.6 is 15.9 Å². The Balaban J connectivity index is 2.56. The molecular formula is C11H8BrO2S. The van der Waals surface area contributed by atoms with Gasteiger partial charge in [-0.2, -0.15) is 0 Å². The first-order valence-corrected chi connectivity index (χ1v) is 6.53. The SMILES string of the molecule is O=[SH](=O)Cc1ccc2c(Br)[c]ccc2c1. The third-order valence-electron chi connectivity index (χ3n) is 2.14. The lowest BCUT2D eigenvalue weighted by Gasteiger charge is -2.01. The highest BCUT2D eigenvalue weighted by Gasteiger charge is 2.00. The molecule has 1 radical (unpaired) electrons. The molecule has 0 bridgehead atoms. The second kappa shape index (κ2) is 4.33. The van der Waals surface area contributed by atoms with Crippen LogP contribution < -0.4 is 0 Å². The summed E-state index contributed by atoms with van der Waals surface area (Å²) in [5, 5.41) is 2.07. The van der Waals surface area contributed by atoms with Crippen molar-refractivity contribution in [1.29, 1.82) is 0 Å². The van der Waals surface area contributed by atoms with Crippen LogP contribution in [-0.4, -0.2) is 8.42 Å². The molecule has 77 valence electrons. The van der Waals surface area contributed by atoms with E-state index in [0.717, 1.165) is 20.8 Å². The summed E-state index contributed by atoms with van der Waals surface area (Å²) >= 11 is 3.40. The molecule has 0 atom stereocenters. The fraction of sp³-hybridized carbons (Fsp3) is 0.0909. The highest BCUT2D eigenvalue weighted by molar-refractivity contribution is 9.10. The van der Waals surface area contributed by atoms with Gasteiger partial charge in [0.2, 0.25) is 0 Å². The van der Waals surface area contributed by atoms with E-state index in [9.17, 15) is 8.42 Å². The first kappa shape index (κ1) is 10.6. The smallest absolute Gasteiger partial charge is 0.144 e. The van der Waals surface area contributed by atoms with Gasteiger partial charge in [0, 0.05) is 4.47 Å². The molecule has 0 N–H and O–H groups in total. The topological polar surface area (TPSA) is 34.1 Å². The molecule has 0 aromatic heterocycles. The number of hydrogen-bond acceptors (Lipinski definition) is 2. The summed E-state index contributed by atoms with van der Waals surface area (Å²) in [5.74, 6) is 0.0987. The van der Waals surface area contributed by atoms with Crippen LogP contribution in [0.2, 0.25) is 0 Å². The van der Waals surface area contributed by atoms with E-state index in [-0.39, 0.29) is 5.75 Å². The summed E-state index contributed by atoms with van der Waals surface area (Å²) in [5.41, 5.74) is 0.816. The van der Waals surface area contributed by atoms with E-state index in [4.69, 9.17) is 0 Å². The maximum absolute atomic E-state index is 10.6. The third-order valence-corrected chi connectivity index (χ3v) is 3.42. The number of thiol groups is 1. The van der Waals surface area contributed by atoms with Gasteiger partial charge in [-0.15, -0.1) is 0 Å². The molecule has 0 aliphatic rings. The Kier molecular flexibility index (Phi) is 3.07. The van der Waals surface area contributed by atoms with Crippen LogP contribution in [0.4, 0.5) is 0 Å². The zero-order valence-electron chi connectivity index (χ0n) is 7.74. The van der Waals surface area contributed by atoms with Gasteiger partial charge < -0.3 is 0 Å². The Hall–Kier alpha value is -0.870. The van der Waals surface area contributed by atoms with E-state index in [1.54, 1.807) is 0 Å². The van der Waals surface area contributed by atoms with Gasteiger partial charge in [-0.05, 0) is 38.3 Å². The van der Waals surface area contributed by atoms with Crippen molar-refractivity contribution >= 4 is 37.4 Å². The van der Waals surface area contributed by atoms with Crippen molar-refractivity contribution < 1.29 is 8.42 Å². The first-order chi connectivity index (χ1) is 7.16. The maximum atomic E-state index is 10.6. The van der Waals surface area contributed by atoms with Crippen molar-refractivity contribution in [2.24, 2.45) is 0 Å². The zero-order chi connectivity index (χ0) is 10.8. The normalized spacial score (nSPS) is 11.1. The van der Waals surface area contributed by atoms with Crippen LogP contribution in [-0.2, 0) is 16.5 Å². The van der Waals surface area contributed by atoms with Crippen molar-refractivity contribution in [3.05, 3.63) is 46.4 Å². The van der Waals surface area contributed by atoms with E-state index >= 15 is 0 Å². The van der Waals surface area contributed by atoms with Crippen LogP contribution in [0.5, 0.6) is 0 Å². The molecule has 4 heteroatoms. The molecule has 0 unspecified atom stereocenters. The Morgan fingerprint density at radius 1 is 1.27 bits per heavy atom. The predicted octanol–water partition coefficient (Wildman–Crippen LogP) is 2.51. The molecule has 15 heavy (non-hydrogen) atoms. The molecule has 0 amide bonds. The quantitative estimate of drug-likeness (QED) is 0.860. The molecular weight excluding hydrogens is 276 g/mol. The number of rotatable bonds is 2. The molecule has 0 heterocycles. The average Bonchev–Trinajstić information content (AvgIpc) is 2.17. The first-order valence-electron chi connectivity index (χ1n) is 4.37. The fourth-order valence-corrected chi connectivity index (χ4v) is 2.47. The van der Waals surface area contributed by atoms with Gasteiger partial charge >= 0.3 is 0 Å². The lowest BCUT2D eigenvalue weighted by molar-refractivity contribution is 0.614. The minimum absolute atomic E-state index is 0.0987. The summed E-state index contributed by atoms with van der Waals surface area (Å²) in [4.78, 5) is 0. The van der Waals surface area contributed by atoms with Crippen molar-refractivity contribution in [3.63, 3.8) is 0 Å². The second-order valence-electron chi connectivity index (χ2n) is 3.20. The lowest BCUT2D eigenvalue weighted by Crippen LogP contribution is -1.86. The molecule has 0 aliphatic heterocycles. The molecule has 0 fully saturated rings. The zero-order valence-corrected chi connectivity index (χ0v) is 10.2. The Bertz CT molecular complexity index is 568. The molecule has 2 nitrogen and oxygen atoms in total. The highest BCUT2D eigenvalue weighted by atomic mass is 79.9. The van der Waals surface area contributed by atoms with E-state index in [2.05, 4.69) is 22.0 Å². The lowest BCUT2D eigenvalue weighted by atomic mass is 10.1. The van der Waals surface area contributed by atoms with Crippen molar-refractivity contribution in [3.8, 4) is 0 Å². The van der Waals surface area contributed by atoms with Crippen LogP contribution in [0, 0.1) is 6.07 Å². The molecule has 0 saturated carbocycles. The second-order valence-corrected chi connectivity index (χ2v) is 4.98. The van der Waals surface area contributed by atoms with Crippen molar-refractivity contribution in [1.82, 2.24) is 0 Å². The molecule has 0 aliphatic carbocycles. The molecule has 2 aromatic carbocycles. The van der Waals surface area contributed by atoms with Gasteiger partial charge in [0.25, 0.3) is 0 Å². The summed E-state index contributed by atoms with van der Waals surface area (Å²) < 4.78 is 22.1. The molecule has 2 rings (SSSR count). The van der Waals surface area contributed by atoms with Gasteiger partial charge in [0.15, 0.2) is 0 Å². The summed E-state index contributed by atoms with van der Waals surface area (Å²) in [6.45, 7) is 0. The number of fused-ring (bicyclic) bond motifs is 1. The van der Waals surface area contributed by atoms with Crippen molar-refractivity contribution in [2.75, 3.05) is 0 Å². The highest BCUT2D eigenvalue weighted by Crippen LogP contribution is 2.24. The summed E-state index contributed by atoms with van der Waals surface area (Å²) in [7, 11) is -2.36. The van der Waals surface area contributed by atoms with Gasteiger partial charge in [0.1, 0.15) is 10.7 Å². The predicted molar refractivity (Wildman–Crippen MR) is 64.5 cm³/mol. The Morgan fingerprint density at radius 2 is 2.07 bits per heavy atom. The largest absolute Gasteiger partial charge is 0.232 e. The van der Waals surface area contributed by atoms with E-state index in [0.29, 0.717) is 0 Å². The monoisotopic (exact) mass is 283 g/mol. The fourth-order valence-electron chi connectivity index (χ4n) is 1.48. The third kappa shape index (κ3) is 2.38.